The second-order valence-corrected chi connectivity index (χ2v) is 11.3. The van der Waals surface area contributed by atoms with Crippen LogP contribution in [-0.2, 0) is 4.18 Å². The molecular formula is C34H33NO2S. The summed E-state index contributed by atoms with van der Waals surface area (Å²) in [5.74, 6) is 0. The Balaban J connectivity index is 1.39. The van der Waals surface area contributed by atoms with E-state index in [9.17, 15) is 5.11 Å². The zero-order valence-corrected chi connectivity index (χ0v) is 23.1. The van der Waals surface area contributed by atoms with Gasteiger partial charge < -0.3 is 14.2 Å². The topological polar surface area (TPSA) is 32.7 Å². The quantitative estimate of drug-likeness (QED) is 0.207. The smallest absolute Gasteiger partial charge is 0.106 e. The fraction of sp³-hybridized carbons (Fsp3) is 0.176. The molecule has 0 saturated heterocycles. The monoisotopic (exact) mass is 519 g/mol. The number of nitrogens with zero attached hydrogens (tertiary/aromatic N) is 1. The number of rotatable bonds is 8. The zero-order valence-electron chi connectivity index (χ0n) is 22.3. The molecule has 0 amide bonds. The van der Waals surface area contributed by atoms with E-state index in [4.69, 9.17) is 4.18 Å². The molecule has 0 aliphatic rings. The third-order valence-corrected chi connectivity index (χ3v) is 8.10. The van der Waals surface area contributed by atoms with Gasteiger partial charge in [0.05, 0.1) is 5.60 Å². The molecule has 38 heavy (non-hydrogen) atoms. The molecule has 0 fully saturated rings. The van der Waals surface area contributed by atoms with E-state index in [1.807, 2.05) is 19.9 Å². The largest absolute Gasteiger partial charge is 0.387 e. The summed E-state index contributed by atoms with van der Waals surface area (Å²) in [6, 6.07) is 42.5. The minimum atomic E-state index is -0.942. The summed E-state index contributed by atoms with van der Waals surface area (Å²) in [6.07, 6.45) is 0. The molecule has 0 aliphatic heterocycles. The first-order valence-corrected chi connectivity index (χ1v) is 13.6. The maximum Gasteiger partial charge on any atom is 0.106 e. The van der Waals surface area contributed by atoms with Gasteiger partial charge in [0, 0.05) is 34.0 Å². The molecule has 0 aliphatic carbocycles. The van der Waals surface area contributed by atoms with E-state index in [0.29, 0.717) is 0 Å². The Hall–Kier alpha value is -3.57. The number of benzene rings is 5. The van der Waals surface area contributed by atoms with Crippen molar-refractivity contribution in [3.63, 3.8) is 0 Å². The highest BCUT2D eigenvalue weighted by molar-refractivity contribution is 7.94. The van der Waals surface area contributed by atoms with Crippen molar-refractivity contribution in [3.05, 3.63) is 121 Å². The van der Waals surface area contributed by atoms with Gasteiger partial charge >= 0.3 is 0 Å². The third kappa shape index (κ3) is 5.63. The summed E-state index contributed by atoms with van der Waals surface area (Å²) >= 11 is 1.29. The van der Waals surface area contributed by atoms with Crippen LogP contribution in [-0.4, -0.2) is 16.3 Å². The van der Waals surface area contributed by atoms with Crippen LogP contribution in [0.5, 0.6) is 0 Å². The van der Waals surface area contributed by atoms with Crippen molar-refractivity contribution in [3.8, 4) is 11.1 Å². The van der Waals surface area contributed by atoms with Gasteiger partial charge in [-0.25, -0.2) is 0 Å². The van der Waals surface area contributed by atoms with E-state index >= 15 is 0 Å². The van der Waals surface area contributed by atoms with Crippen molar-refractivity contribution in [1.82, 2.24) is 0 Å². The molecule has 0 spiro atoms. The van der Waals surface area contributed by atoms with Gasteiger partial charge in [-0.15, -0.1) is 0 Å². The molecule has 1 N–H and O–H groups in total. The standard InChI is InChI=1S/C34H33NO2S/c1-33(2,36)34(3,4)37-38-32-22-17-27(18-23-32)26-14-19-30(20-15-26)35(29-12-6-5-7-13-29)31-21-16-25-10-8-9-11-28(25)24-31/h5-24,36H,1-4H3. The second kappa shape index (κ2) is 10.7. The van der Waals surface area contributed by atoms with Crippen LogP contribution >= 0.6 is 12.0 Å². The predicted octanol–water partition coefficient (Wildman–Crippen LogP) is 9.55. The van der Waals surface area contributed by atoms with Crippen LogP contribution in [0.1, 0.15) is 27.7 Å². The molecular weight excluding hydrogens is 486 g/mol. The lowest BCUT2D eigenvalue weighted by Gasteiger charge is -2.35. The molecule has 0 bridgehead atoms. The van der Waals surface area contributed by atoms with Crippen molar-refractivity contribution < 1.29 is 9.29 Å². The van der Waals surface area contributed by atoms with Crippen LogP contribution in [0.4, 0.5) is 17.1 Å². The summed E-state index contributed by atoms with van der Waals surface area (Å²) < 4.78 is 5.94. The van der Waals surface area contributed by atoms with E-state index in [1.54, 1.807) is 13.8 Å². The van der Waals surface area contributed by atoms with Crippen molar-refractivity contribution in [1.29, 1.82) is 0 Å². The lowest BCUT2D eigenvalue weighted by Crippen LogP contribution is -2.45. The molecule has 3 nitrogen and oxygen atoms in total. The van der Waals surface area contributed by atoms with Crippen molar-refractivity contribution in [2.24, 2.45) is 0 Å². The summed E-state index contributed by atoms with van der Waals surface area (Å²) in [7, 11) is 0. The number of para-hydroxylation sites is 1. The highest BCUT2D eigenvalue weighted by Crippen LogP contribution is 2.37. The van der Waals surface area contributed by atoms with Crippen LogP contribution in [0.3, 0.4) is 0 Å². The summed E-state index contributed by atoms with van der Waals surface area (Å²) in [6.45, 7) is 7.32. The summed E-state index contributed by atoms with van der Waals surface area (Å²) in [5.41, 5.74) is 4.01. The SMILES string of the molecule is CC(C)(O)C(C)(C)OSc1ccc(-c2ccc(N(c3ccccc3)c3ccc4ccccc4c3)cc2)cc1. The fourth-order valence-electron chi connectivity index (χ4n) is 4.10. The number of anilines is 3. The van der Waals surface area contributed by atoms with E-state index in [1.165, 1.54) is 22.8 Å². The molecule has 0 unspecified atom stereocenters. The summed E-state index contributed by atoms with van der Waals surface area (Å²) in [4.78, 5) is 3.28. The Morgan fingerprint density at radius 3 is 1.74 bits per heavy atom. The average Bonchev–Trinajstić information content (AvgIpc) is 2.93. The molecule has 0 heterocycles. The molecule has 5 aromatic rings. The normalized spacial score (nSPS) is 12.0. The Morgan fingerprint density at radius 2 is 1.11 bits per heavy atom. The van der Waals surface area contributed by atoms with Gasteiger partial charge in [0.25, 0.3) is 0 Å². The number of fused-ring (bicyclic) bond motifs is 1. The first-order chi connectivity index (χ1) is 18.2. The van der Waals surface area contributed by atoms with Crippen molar-refractivity contribution >= 4 is 39.9 Å². The molecule has 4 heteroatoms. The minimum absolute atomic E-state index is 0.679. The van der Waals surface area contributed by atoms with Gasteiger partial charge in [-0.2, -0.15) is 0 Å². The van der Waals surface area contributed by atoms with Crippen molar-refractivity contribution in [2.45, 2.75) is 43.8 Å². The first kappa shape index (κ1) is 26.1. The minimum Gasteiger partial charge on any atom is -0.387 e. The van der Waals surface area contributed by atoms with E-state index in [-0.39, 0.29) is 0 Å². The van der Waals surface area contributed by atoms with Crippen molar-refractivity contribution in [2.75, 3.05) is 4.90 Å². The van der Waals surface area contributed by atoms with Gasteiger partial charge in [-0.05, 0) is 98.1 Å². The van der Waals surface area contributed by atoms with E-state index in [0.717, 1.165) is 33.1 Å². The number of hydrogen-bond acceptors (Lipinski definition) is 4. The Morgan fingerprint density at radius 1 is 0.579 bits per heavy atom. The zero-order chi connectivity index (χ0) is 26.8. The van der Waals surface area contributed by atoms with Crippen LogP contribution in [0.15, 0.2) is 126 Å². The van der Waals surface area contributed by atoms with Crippen LogP contribution in [0.2, 0.25) is 0 Å². The second-order valence-electron chi connectivity index (χ2n) is 10.5. The first-order valence-electron chi connectivity index (χ1n) is 12.8. The van der Waals surface area contributed by atoms with Gasteiger partial charge in [0.15, 0.2) is 0 Å². The highest BCUT2D eigenvalue weighted by Gasteiger charge is 2.36. The molecule has 5 aromatic carbocycles. The van der Waals surface area contributed by atoms with E-state index < -0.39 is 11.2 Å². The maximum atomic E-state index is 10.3. The Bertz CT molecular complexity index is 1510. The Kier molecular flexibility index (Phi) is 7.31. The molecule has 0 aromatic heterocycles. The predicted molar refractivity (Wildman–Crippen MR) is 161 cm³/mol. The third-order valence-electron chi connectivity index (χ3n) is 7.14. The summed E-state index contributed by atoms with van der Waals surface area (Å²) in [5, 5.41) is 12.8. The lowest BCUT2D eigenvalue weighted by molar-refractivity contribution is -0.0813. The van der Waals surface area contributed by atoms with Crippen LogP contribution in [0, 0.1) is 0 Å². The highest BCUT2D eigenvalue weighted by atomic mass is 32.2. The molecule has 5 rings (SSSR count). The molecule has 0 atom stereocenters. The van der Waals surface area contributed by atoms with E-state index in [2.05, 4.69) is 120 Å². The molecule has 0 saturated carbocycles. The van der Waals surface area contributed by atoms with Gasteiger partial charge in [-0.1, -0.05) is 72.8 Å². The molecule has 0 radical (unpaired) electrons. The lowest BCUT2D eigenvalue weighted by atomic mass is 9.90. The van der Waals surface area contributed by atoms with Gasteiger partial charge in [-0.3, -0.25) is 0 Å². The van der Waals surface area contributed by atoms with Crippen LogP contribution < -0.4 is 4.90 Å². The van der Waals surface area contributed by atoms with Gasteiger partial charge in [0.2, 0.25) is 0 Å². The van der Waals surface area contributed by atoms with Crippen LogP contribution in [0.25, 0.3) is 21.9 Å². The Labute approximate surface area is 229 Å². The van der Waals surface area contributed by atoms with Gasteiger partial charge in [0.1, 0.15) is 5.60 Å². The maximum absolute atomic E-state index is 10.3. The average molecular weight is 520 g/mol. The number of aliphatic hydroxyl groups is 1. The fourth-order valence-corrected chi connectivity index (χ4v) is 4.86. The molecule has 192 valence electrons. The number of hydrogen-bond donors (Lipinski definition) is 1.